The molecule has 2 rings (SSSR count). The quantitative estimate of drug-likeness (QED) is 0.848. The SMILES string of the molecule is COc1ccc(C)cc1NC(=O)c1ccc(Cl)c(NS(C)(=O)=O)c1. The molecule has 2 aromatic rings. The second-order valence-corrected chi connectivity index (χ2v) is 7.38. The highest BCUT2D eigenvalue weighted by atomic mass is 35.5. The van der Waals surface area contributed by atoms with Crippen molar-refractivity contribution in [2.24, 2.45) is 0 Å². The van der Waals surface area contributed by atoms with Gasteiger partial charge in [0.25, 0.3) is 5.91 Å². The van der Waals surface area contributed by atoms with Gasteiger partial charge < -0.3 is 10.1 Å². The molecule has 0 aliphatic heterocycles. The van der Waals surface area contributed by atoms with E-state index in [1.165, 1.54) is 25.3 Å². The number of carbonyl (C=O) groups is 1. The molecule has 0 atom stereocenters. The summed E-state index contributed by atoms with van der Waals surface area (Å²) in [5.74, 6) is 0.115. The van der Waals surface area contributed by atoms with Crippen molar-refractivity contribution in [2.45, 2.75) is 6.92 Å². The van der Waals surface area contributed by atoms with Crippen LogP contribution < -0.4 is 14.8 Å². The fraction of sp³-hybridized carbons (Fsp3) is 0.188. The Kier molecular flexibility index (Phi) is 5.36. The van der Waals surface area contributed by atoms with Crippen LogP contribution in [0.2, 0.25) is 5.02 Å². The van der Waals surface area contributed by atoms with Crippen molar-refractivity contribution in [2.75, 3.05) is 23.4 Å². The van der Waals surface area contributed by atoms with Gasteiger partial charge in [-0.2, -0.15) is 0 Å². The van der Waals surface area contributed by atoms with Crippen LogP contribution >= 0.6 is 11.6 Å². The molecular formula is C16H17ClN2O4S. The topological polar surface area (TPSA) is 84.5 Å². The molecule has 0 radical (unpaired) electrons. The van der Waals surface area contributed by atoms with Crippen molar-refractivity contribution >= 4 is 38.9 Å². The zero-order chi connectivity index (χ0) is 17.9. The third kappa shape index (κ3) is 4.62. The minimum atomic E-state index is -3.50. The first-order chi connectivity index (χ1) is 11.2. The largest absolute Gasteiger partial charge is 0.495 e. The van der Waals surface area contributed by atoms with Crippen LogP contribution in [0.1, 0.15) is 15.9 Å². The summed E-state index contributed by atoms with van der Waals surface area (Å²) in [6.07, 6.45) is 1.01. The van der Waals surface area contributed by atoms with Crippen LogP contribution in [0.4, 0.5) is 11.4 Å². The number of rotatable bonds is 5. The number of halogens is 1. The maximum Gasteiger partial charge on any atom is 0.255 e. The number of aryl methyl sites for hydroxylation is 1. The Bertz CT molecular complexity index is 882. The number of hydrogen-bond donors (Lipinski definition) is 2. The van der Waals surface area contributed by atoms with Crippen LogP contribution in [0, 0.1) is 6.92 Å². The zero-order valence-corrected chi connectivity index (χ0v) is 15.0. The van der Waals surface area contributed by atoms with Gasteiger partial charge in [-0.25, -0.2) is 8.42 Å². The predicted molar refractivity (Wildman–Crippen MR) is 95.6 cm³/mol. The lowest BCUT2D eigenvalue weighted by atomic mass is 10.1. The maximum atomic E-state index is 12.4. The second-order valence-electron chi connectivity index (χ2n) is 5.23. The number of hydrogen-bond acceptors (Lipinski definition) is 4. The molecule has 2 aromatic carbocycles. The summed E-state index contributed by atoms with van der Waals surface area (Å²) in [6.45, 7) is 1.89. The van der Waals surface area contributed by atoms with Gasteiger partial charge >= 0.3 is 0 Å². The monoisotopic (exact) mass is 368 g/mol. The molecular weight excluding hydrogens is 352 g/mol. The van der Waals surface area contributed by atoms with Crippen molar-refractivity contribution in [3.63, 3.8) is 0 Å². The number of carbonyl (C=O) groups excluding carboxylic acids is 1. The van der Waals surface area contributed by atoms with Gasteiger partial charge in [-0.05, 0) is 42.8 Å². The summed E-state index contributed by atoms with van der Waals surface area (Å²) >= 11 is 5.96. The summed E-state index contributed by atoms with van der Waals surface area (Å²) in [6, 6.07) is 9.74. The molecule has 1 amide bonds. The number of sulfonamides is 1. The van der Waals surface area contributed by atoms with Crippen LogP contribution in [-0.4, -0.2) is 27.7 Å². The molecule has 24 heavy (non-hydrogen) atoms. The highest BCUT2D eigenvalue weighted by molar-refractivity contribution is 7.92. The van der Waals surface area contributed by atoms with Gasteiger partial charge in [-0.3, -0.25) is 9.52 Å². The van der Waals surface area contributed by atoms with Crippen LogP contribution in [-0.2, 0) is 10.0 Å². The van der Waals surface area contributed by atoms with Crippen molar-refractivity contribution in [1.29, 1.82) is 0 Å². The number of benzene rings is 2. The number of amides is 1. The van der Waals surface area contributed by atoms with E-state index in [4.69, 9.17) is 16.3 Å². The maximum absolute atomic E-state index is 12.4. The van der Waals surface area contributed by atoms with Gasteiger partial charge in [0.2, 0.25) is 10.0 Å². The summed E-state index contributed by atoms with van der Waals surface area (Å²) in [7, 11) is -1.99. The second kappa shape index (κ2) is 7.11. The van der Waals surface area contributed by atoms with Crippen molar-refractivity contribution in [3.8, 4) is 5.75 Å². The number of methoxy groups -OCH3 is 1. The fourth-order valence-corrected chi connectivity index (χ4v) is 2.85. The van der Waals surface area contributed by atoms with Crippen LogP contribution in [0.15, 0.2) is 36.4 Å². The molecule has 0 aromatic heterocycles. The predicted octanol–water partition coefficient (Wildman–Crippen LogP) is 3.28. The third-order valence-corrected chi connectivity index (χ3v) is 4.05. The van der Waals surface area contributed by atoms with Crippen LogP contribution in [0.25, 0.3) is 0 Å². The van der Waals surface area contributed by atoms with Crippen LogP contribution in [0.5, 0.6) is 5.75 Å². The third-order valence-electron chi connectivity index (χ3n) is 3.13. The van der Waals surface area contributed by atoms with E-state index in [1.807, 2.05) is 13.0 Å². The molecule has 0 heterocycles. The Morgan fingerprint density at radius 1 is 1.12 bits per heavy atom. The van der Waals surface area contributed by atoms with E-state index in [2.05, 4.69) is 10.0 Å². The fourth-order valence-electron chi connectivity index (χ4n) is 2.06. The first-order valence-electron chi connectivity index (χ1n) is 6.93. The summed E-state index contributed by atoms with van der Waals surface area (Å²) in [5.41, 5.74) is 1.88. The summed E-state index contributed by atoms with van der Waals surface area (Å²) < 4.78 is 30.2. The van der Waals surface area contributed by atoms with E-state index in [-0.39, 0.29) is 16.3 Å². The molecule has 8 heteroatoms. The minimum absolute atomic E-state index is 0.142. The van der Waals surface area contributed by atoms with E-state index in [1.54, 1.807) is 12.1 Å². The Balaban J connectivity index is 2.31. The average Bonchev–Trinajstić information content (AvgIpc) is 2.48. The van der Waals surface area contributed by atoms with Gasteiger partial charge in [0.15, 0.2) is 0 Å². The van der Waals surface area contributed by atoms with E-state index < -0.39 is 15.9 Å². The van der Waals surface area contributed by atoms with Crippen molar-refractivity contribution in [3.05, 3.63) is 52.5 Å². The Hall–Kier alpha value is -2.25. The molecule has 2 N–H and O–H groups in total. The van der Waals surface area contributed by atoms with Gasteiger partial charge in [0, 0.05) is 5.56 Å². The van der Waals surface area contributed by atoms with E-state index >= 15 is 0 Å². The van der Waals surface area contributed by atoms with Gasteiger partial charge in [0.1, 0.15) is 5.75 Å². The van der Waals surface area contributed by atoms with Crippen molar-refractivity contribution < 1.29 is 17.9 Å². The minimum Gasteiger partial charge on any atom is -0.495 e. The summed E-state index contributed by atoms with van der Waals surface area (Å²) in [5, 5.41) is 2.94. The molecule has 128 valence electrons. The molecule has 0 fully saturated rings. The molecule has 0 saturated carbocycles. The Morgan fingerprint density at radius 2 is 1.83 bits per heavy atom. The molecule has 0 spiro atoms. The smallest absolute Gasteiger partial charge is 0.255 e. The number of nitrogens with one attached hydrogen (secondary N) is 2. The first-order valence-corrected chi connectivity index (χ1v) is 9.20. The summed E-state index contributed by atoms with van der Waals surface area (Å²) in [4.78, 5) is 12.4. The lowest BCUT2D eigenvalue weighted by molar-refractivity contribution is 0.102. The van der Waals surface area contributed by atoms with Gasteiger partial charge in [-0.1, -0.05) is 17.7 Å². The lowest BCUT2D eigenvalue weighted by Gasteiger charge is -2.12. The number of anilines is 2. The molecule has 0 bridgehead atoms. The zero-order valence-electron chi connectivity index (χ0n) is 13.4. The molecule has 0 unspecified atom stereocenters. The van der Waals surface area contributed by atoms with E-state index in [9.17, 15) is 13.2 Å². The van der Waals surface area contributed by atoms with Gasteiger partial charge in [-0.15, -0.1) is 0 Å². The standard InChI is InChI=1S/C16H17ClN2O4S/c1-10-4-7-15(23-2)14(8-10)18-16(20)11-5-6-12(17)13(9-11)19-24(3,21)22/h4-9,19H,1-3H3,(H,18,20). The molecule has 6 nitrogen and oxygen atoms in total. The molecule has 0 aliphatic carbocycles. The highest BCUT2D eigenvalue weighted by Gasteiger charge is 2.13. The molecule has 0 saturated heterocycles. The van der Waals surface area contributed by atoms with Gasteiger partial charge in [0.05, 0.1) is 29.8 Å². The molecule has 0 aliphatic rings. The van der Waals surface area contributed by atoms with Crippen LogP contribution in [0.3, 0.4) is 0 Å². The first kappa shape index (κ1) is 18.1. The Labute approximate surface area is 145 Å². The number of ether oxygens (including phenoxy) is 1. The normalized spacial score (nSPS) is 11.0. The van der Waals surface area contributed by atoms with E-state index in [0.717, 1.165) is 11.8 Å². The average molecular weight is 369 g/mol. The lowest BCUT2D eigenvalue weighted by Crippen LogP contribution is -2.14. The Morgan fingerprint density at radius 3 is 2.46 bits per heavy atom. The van der Waals surface area contributed by atoms with Crippen molar-refractivity contribution in [1.82, 2.24) is 0 Å². The van der Waals surface area contributed by atoms with E-state index in [0.29, 0.717) is 11.4 Å². The highest BCUT2D eigenvalue weighted by Crippen LogP contribution is 2.27.